The molecule has 0 aromatic carbocycles. The summed E-state index contributed by atoms with van der Waals surface area (Å²) in [7, 11) is -7.08. The van der Waals surface area contributed by atoms with Crippen LogP contribution >= 0.6 is 0 Å². The van der Waals surface area contributed by atoms with Crippen LogP contribution in [-0.4, -0.2) is 44.0 Å². The van der Waals surface area contributed by atoms with E-state index in [1.807, 2.05) is 0 Å². The molecule has 1 fully saturated rings. The Kier molecular flexibility index (Phi) is 3.89. The molecule has 0 radical (unpaired) electrons. The van der Waals surface area contributed by atoms with Crippen LogP contribution in [0, 0.1) is 0 Å². The van der Waals surface area contributed by atoms with Gasteiger partial charge in [0.15, 0.2) is 14.9 Å². The van der Waals surface area contributed by atoms with Gasteiger partial charge in [0.25, 0.3) is 10.0 Å². The first-order valence-electron chi connectivity index (χ1n) is 5.96. The van der Waals surface area contributed by atoms with Gasteiger partial charge in [-0.15, -0.1) is 0 Å². The highest BCUT2D eigenvalue weighted by atomic mass is 32.2. The predicted octanol–water partition coefficient (Wildman–Crippen LogP) is -0.571. The number of pyridine rings is 1. The van der Waals surface area contributed by atoms with Gasteiger partial charge in [-0.05, 0) is 25.0 Å². The second-order valence-electron chi connectivity index (χ2n) is 5.17. The SMILES string of the molecule is CC1(NS(=O)(=O)c2ccc(CO)cn2)CCS(=O)(=O)C1. The fourth-order valence-electron chi connectivity index (χ4n) is 2.13. The van der Waals surface area contributed by atoms with Gasteiger partial charge in [-0.3, -0.25) is 0 Å². The van der Waals surface area contributed by atoms with Crippen molar-refractivity contribution in [1.82, 2.24) is 9.71 Å². The number of sulfonamides is 1. The van der Waals surface area contributed by atoms with Crippen molar-refractivity contribution in [2.45, 2.75) is 30.5 Å². The molecule has 0 aliphatic carbocycles. The summed E-state index contributed by atoms with van der Waals surface area (Å²) >= 11 is 0. The van der Waals surface area contributed by atoms with E-state index in [0.29, 0.717) is 5.56 Å². The molecule has 2 heterocycles. The van der Waals surface area contributed by atoms with Gasteiger partial charge in [0.2, 0.25) is 0 Å². The average molecular weight is 320 g/mol. The lowest BCUT2D eigenvalue weighted by Crippen LogP contribution is -2.46. The number of aliphatic hydroxyl groups excluding tert-OH is 1. The molecule has 9 heteroatoms. The molecule has 1 atom stereocenters. The summed E-state index contributed by atoms with van der Waals surface area (Å²) in [4.78, 5) is 3.77. The summed E-state index contributed by atoms with van der Waals surface area (Å²) in [5, 5.41) is 8.69. The third-order valence-electron chi connectivity index (χ3n) is 3.14. The summed E-state index contributed by atoms with van der Waals surface area (Å²) < 4.78 is 49.7. The van der Waals surface area contributed by atoms with Crippen molar-refractivity contribution in [3.8, 4) is 0 Å². The normalized spacial score (nSPS) is 25.7. The van der Waals surface area contributed by atoms with Crippen molar-refractivity contribution in [3.63, 3.8) is 0 Å². The standard InChI is InChI=1S/C11H16N2O5S2/c1-11(4-5-19(15,16)8-11)13-20(17,18)10-3-2-9(7-14)6-12-10/h2-3,6,13-14H,4-5,7-8H2,1H3. The van der Waals surface area contributed by atoms with E-state index in [0.717, 1.165) is 0 Å². The second kappa shape index (κ2) is 5.06. The molecule has 112 valence electrons. The molecule has 1 unspecified atom stereocenters. The largest absolute Gasteiger partial charge is 0.392 e. The molecule has 1 aromatic heterocycles. The van der Waals surface area contributed by atoms with Crippen LogP contribution < -0.4 is 4.72 Å². The van der Waals surface area contributed by atoms with E-state index in [1.54, 1.807) is 6.92 Å². The van der Waals surface area contributed by atoms with Gasteiger partial charge < -0.3 is 5.11 Å². The van der Waals surface area contributed by atoms with E-state index in [4.69, 9.17) is 5.11 Å². The number of aromatic nitrogens is 1. The van der Waals surface area contributed by atoms with Crippen molar-refractivity contribution < 1.29 is 21.9 Å². The molecule has 0 bridgehead atoms. The quantitative estimate of drug-likeness (QED) is 0.768. The third kappa shape index (κ3) is 3.35. The van der Waals surface area contributed by atoms with E-state index in [9.17, 15) is 16.8 Å². The molecule has 1 aromatic rings. The average Bonchev–Trinajstić information content (AvgIpc) is 2.62. The van der Waals surface area contributed by atoms with Crippen LogP contribution in [0.3, 0.4) is 0 Å². The van der Waals surface area contributed by atoms with Crippen molar-refractivity contribution in [1.29, 1.82) is 0 Å². The molecular weight excluding hydrogens is 304 g/mol. The molecule has 1 saturated heterocycles. The number of hydrogen-bond donors (Lipinski definition) is 2. The first-order chi connectivity index (χ1) is 9.16. The van der Waals surface area contributed by atoms with E-state index >= 15 is 0 Å². The Morgan fingerprint density at radius 3 is 2.60 bits per heavy atom. The maximum Gasteiger partial charge on any atom is 0.258 e. The topological polar surface area (TPSA) is 113 Å². The first kappa shape index (κ1) is 15.4. The molecule has 1 aliphatic rings. The molecule has 0 spiro atoms. The number of nitrogens with zero attached hydrogens (tertiary/aromatic N) is 1. The van der Waals surface area contributed by atoms with Crippen LogP contribution in [0.1, 0.15) is 18.9 Å². The van der Waals surface area contributed by atoms with Gasteiger partial charge in [-0.25, -0.2) is 26.5 Å². The summed E-state index contributed by atoms with van der Waals surface area (Å²) in [6.07, 6.45) is 1.51. The van der Waals surface area contributed by atoms with Gasteiger partial charge in [0.1, 0.15) is 0 Å². The molecule has 20 heavy (non-hydrogen) atoms. The first-order valence-corrected chi connectivity index (χ1v) is 9.26. The molecule has 7 nitrogen and oxygen atoms in total. The number of nitrogens with one attached hydrogen (secondary N) is 1. The maximum atomic E-state index is 12.2. The van der Waals surface area contributed by atoms with Crippen molar-refractivity contribution in [2.75, 3.05) is 11.5 Å². The van der Waals surface area contributed by atoms with Gasteiger partial charge >= 0.3 is 0 Å². The van der Waals surface area contributed by atoms with Crippen LogP contribution in [0.25, 0.3) is 0 Å². The molecule has 0 saturated carbocycles. The van der Waals surface area contributed by atoms with Crippen molar-refractivity contribution in [3.05, 3.63) is 23.9 Å². The zero-order chi connectivity index (χ0) is 15.0. The summed E-state index contributed by atoms with van der Waals surface area (Å²) in [6, 6.07) is 2.73. The number of aliphatic hydroxyl groups is 1. The second-order valence-corrected chi connectivity index (χ2v) is 8.98. The zero-order valence-corrected chi connectivity index (χ0v) is 12.5. The summed E-state index contributed by atoms with van der Waals surface area (Å²) in [5.74, 6) is -0.239. The molecule has 2 N–H and O–H groups in total. The highest BCUT2D eigenvalue weighted by Gasteiger charge is 2.41. The fourth-order valence-corrected chi connectivity index (χ4v) is 5.68. The minimum absolute atomic E-state index is 0.0249. The molecule has 1 aliphatic heterocycles. The number of sulfone groups is 1. The van der Waals surface area contributed by atoms with Crippen LogP contribution in [0.15, 0.2) is 23.4 Å². The maximum absolute atomic E-state index is 12.2. The highest BCUT2D eigenvalue weighted by molar-refractivity contribution is 7.92. The predicted molar refractivity (Wildman–Crippen MR) is 72.2 cm³/mol. The number of rotatable bonds is 4. The van der Waals surface area contributed by atoms with E-state index < -0.39 is 25.4 Å². The van der Waals surface area contributed by atoms with Crippen LogP contribution in [0.4, 0.5) is 0 Å². The Labute approximate surface area is 118 Å². The number of hydrogen-bond acceptors (Lipinski definition) is 6. The summed E-state index contributed by atoms with van der Waals surface area (Å²) in [5.41, 5.74) is -0.506. The minimum Gasteiger partial charge on any atom is -0.392 e. The lowest BCUT2D eigenvalue weighted by atomic mass is 10.0. The summed E-state index contributed by atoms with van der Waals surface area (Å²) in [6.45, 7) is 1.34. The Balaban J connectivity index is 2.23. The Morgan fingerprint density at radius 1 is 1.45 bits per heavy atom. The smallest absolute Gasteiger partial charge is 0.258 e. The van der Waals surface area contributed by atoms with Crippen LogP contribution in [0.5, 0.6) is 0 Å². The third-order valence-corrected chi connectivity index (χ3v) is 6.60. The van der Waals surface area contributed by atoms with E-state index in [1.165, 1.54) is 18.3 Å². The van der Waals surface area contributed by atoms with Gasteiger partial charge in [0, 0.05) is 11.7 Å². The van der Waals surface area contributed by atoms with Gasteiger partial charge in [-0.1, -0.05) is 6.07 Å². The van der Waals surface area contributed by atoms with E-state index in [-0.39, 0.29) is 29.6 Å². The fraction of sp³-hybridized carbons (Fsp3) is 0.545. The zero-order valence-electron chi connectivity index (χ0n) is 10.9. The molecular formula is C11H16N2O5S2. The lowest BCUT2D eigenvalue weighted by Gasteiger charge is -2.23. The van der Waals surface area contributed by atoms with Crippen molar-refractivity contribution >= 4 is 19.9 Å². The molecule has 2 rings (SSSR count). The minimum atomic E-state index is -3.88. The van der Waals surface area contributed by atoms with E-state index in [2.05, 4.69) is 9.71 Å². The molecule has 0 amide bonds. The Hall–Kier alpha value is -1.03. The highest BCUT2D eigenvalue weighted by Crippen LogP contribution is 2.24. The lowest BCUT2D eigenvalue weighted by molar-refractivity contribution is 0.281. The monoisotopic (exact) mass is 320 g/mol. The van der Waals surface area contributed by atoms with Gasteiger partial charge in [-0.2, -0.15) is 0 Å². The van der Waals surface area contributed by atoms with Crippen LogP contribution in [0.2, 0.25) is 0 Å². The van der Waals surface area contributed by atoms with Crippen LogP contribution in [-0.2, 0) is 26.5 Å². The Bertz CT molecular complexity index is 697. The van der Waals surface area contributed by atoms with Gasteiger partial charge in [0.05, 0.1) is 18.1 Å². The Morgan fingerprint density at radius 2 is 2.15 bits per heavy atom. The van der Waals surface area contributed by atoms with Crippen molar-refractivity contribution in [2.24, 2.45) is 0 Å².